The molecule has 3 heterocycles. The molecule has 7 aromatic carbocycles. The lowest BCUT2D eigenvalue weighted by molar-refractivity contribution is 0.651. The lowest BCUT2D eigenvalue weighted by Crippen LogP contribution is -2.00. The SMILES string of the molecule is CCCCCCc1cc2c3cscc3c3c(c2cc1CCCCCC)c1c2cscc2c2cc(CCCCCC)c(CCCCCC)cc2c1c1c2cscc2c2cc(CCCCCC)c(CCCCCC)cc2c31. The summed E-state index contributed by atoms with van der Waals surface area (Å²) in [6, 6.07) is 16.5. The summed E-state index contributed by atoms with van der Waals surface area (Å²) in [6.07, 6.45) is 38.3. The number of thiophene rings is 3. The third-order valence-corrected chi connectivity index (χ3v) is 20.0. The summed E-state index contributed by atoms with van der Waals surface area (Å²) in [5.41, 5.74) is 9.68. The van der Waals surface area contributed by atoms with Crippen LogP contribution in [-0.4, -0.2) is 0 Å². The zero-order valence-electron chi connectivity index (χ0n) is 47.4. The van der Waals surface area contributed by atoms with Crippen LogP contribution < -0.4 is 0 Å². The van der Waals surface area contributed by atoms with Crippen molar-refractivity contribution in [3.05, 3.63) is 102 Å². The third-order valence-electron chi connectivity index (χ3n) is 17.8. The van der Waals surface area contributed by atoms with Gasteiger partial charge in [0.2, 0.25) is 0 Å². The molecule has 0 atom stereocenters. The Balaban J connectivity index is 1.40. The minimum Gasteiger partial charge on any atom is -0.151 e. The van der Waals surface area contributed by atoms with Crippen molar-refractivity contribution in [3.63, 3.8) is 0 Å². The molecule has 75 heavy (non-hydrogen) atoms. The predicted molar refractivity (Wildman–Crippen MR) is 345 cm³/mol. The summed E-state index contributed by atoms with van der Waals surface area (Å²) in [5, 5.41) is 42.1. The highest BCUT2D eigenvalue weighted by Crippen LogP contribution is 2.54. The molecule has 0 radical (unpaired) electrons. The average Bonchev–Trinajstić information content (AvgIpc) is 4.26. The number of hydrogen-bond acceptors (Lipinski definition) is 3. The van der Waals surface area contributed by atoms with E-state index in [4.69, 9.17) is 0 Å². The third kappa shape index (κ3) is 11.2. The molecule has 0 unspecified atom stereocenters. The molecule has 3 aromatic heterocycles. The van der Waals surface area contributed by atoms with Gasteiger partial charge in [0.15, 0.2) is 0 Å². The Labute approximate surface area is 464 Å². The molecular formula is C72H90S3. The van der Waals surface area contributed by atoms with Crippen LogP contribution in [0.25, 0.3) is 97.0 Å². The van der Waals surface area contributed by atoms with Gasteiger partial charge in [0, 0.05) is 48.5 Å². The zero-order valence-corrected chi connectivity index (χ0v) is 49.8. The molecule has 0 saturated heterocycles. The van der Waals surface area contributed by atoms with E-state index in [9.17, 15) is 0 Å². The molecule has 0 bridgehead atoms. The highest BCUT2D eigenvalue weighted by molar-refractivity contribution is 7.10. The fourth-order valence-electron chi connectivity index (χ4n) is 13.7. The van der Waals surface area contributed by atoms with E-state index in [2.05, 4.69) is 110 Å². The van der Waals surface area contributed by atoms with E-state index in [0.29, 0.717) is 0 Å². The predicted octanol–water partition coefficient (Wildman–Crippen LogP) is 25.0. The molecule has 0 saturated carbocycles. The van der Waals surface area contributed by atoms with Crippen LogP contribution in [0.3, 0.4) is 0 Å². The van der Waals surface area contributed by atoms with Gasteiger partial charge in [-0.1, -0.05) is 194 Å². The lowest BCUT2D eigenvalue weighted by Gasteiger charge is -2.23. The molecule has 10 rings (SSSR count). The van der Waals surface area contributed by atoms with E-state index in [1.807, 2.05) is 34.0 Å². The fourth-order valence-corrected chi connectivity index (χ4v) is 16.2. The van der Waals surface area contributed by atoms with Gasteiger partial charge in [-0.3, -0.25) is 0 Å². The Kier molecular flexibility index (Phi) is 18.9. The molecule has 0 fully saturated rings. The summed E-state index contributed by atoms with van der Waals surface area (Å²) < 4.78 is 0. The van der Waals surface area contributed by atoms with Gasteiger partial charge in [-0.2, -0.15) is 34.0 Å². The molecule has 0 N–H and O–H groups in total. The Morgan fingerprint density at radius 2 is 0.387 bits per heavy atom. The van der Waals surface area contributed by atoms with Crippen LogP contribution in [0.2, 0.25) is 0 Å². The van der Waals surface area contributed by atoms with Gasteiger partial charge in [-0.15, -0.1) is 0 Å². The molecule has 0 aliphatic carbocycles. The maximum Gasteiger partial charge on any atom is 0.00150 e. The van der Waals surface area contributed by atoms with Crippen molar-refractivity contribution in [2.75, 3.05) is 0 Å². The lowest BCUT2D eigenvalue weighted by atomic mass is 9.80. The zero-order chi connectivity index (χ0) is 51.7. The van der Waals surface area contributed by atoms with E-state index in [-0.39, 0.29) is 0 Å². The monoisotopic (exact) mass is 1050 g/mol. The van der Waals surface area contributed by atoms with Crippen LogP contribution in [0, 0.1) is 0 Å². The van der Waals surface area contributed by atoms with Crippen LogP contribution in [0.5, 0.6) is 0 Å². The van der Waals surface area contributed by atoms with E-state index < -0.39 is 0 Å². The van der Waals surface area contributed by atoms with Crippen molar-refractivity contribution >= 4 is 131 Å². The summed E-state index contributed by atoms with van der Waals surface area (Å²) in [7, 11) is 0. The Morgan fingerprint density at radius 3 is 0.600 bits per heavy atom. The first-order valence-corrected chi connectivity index (χ1v) is 33.8. The first-order valence-electron chi connectivity index (χ1n) is 31.0. The minimum atomic E-state index is 1.17. The van der Waals surface area contributed by atoms with Crippen LogP contribution in [0.15, 0.2) is 68.7 Å². The summed E-state index contributed by atoms with van der Waals surface area (Å²) >= 11 is 5.79. The molecule has 0 amide bonds. The van der Waals surface area contributed by atoms with Gasteiger partial charge < -0.3 is 0 Å². The molecule has 10 aromatic rings. The van der Waals surface area contributed by atoms with Crippen LogP contribution >= 0.6 is 34.0 Å². The highest BCUT2D eigenvalue weighted by Gasteiger charge is 2.26. The van der Waals surface area contributed by atoms with E-state index >= 15 is 0 Å². The molecule has 0 spiro atoms. The van der Waals surface area contributed by atoms with Crippen LogP contribution in [0.1, 0.15) is 229 Å². The standard InChI is InChI=1S/C72H90S3/c1-7-13-19-25-31-49-37-55-58(40-52(49)34-28-22-16-10-4)67-70(64-46-73-43-61(55)64)68-59-41-53(35-29-23-17-11-5)50(32-26-20-14-8-2)38-56(59)63-45-75-48-66(63)72(68)69-60-42-54(36-30-24-18-12-6)51(33-27-21-15-9-3)39-57(60)62-44-74-47-65(62)71(67)69/h37-48H,7-36H2,1-6H3. The summed E-state index contributed by atoms with van der Waals surface area (Å²) in [6.45, 7) is 14.1. The number of rotatable bonds is 30. The van der Waals surface area contributed by atoms with Crippen molar-refractivity contribution < 1.29 is 0 Å². The van der Waals surface area contributed by atoms with Crippen LogP contribution in [0.4, 0.5) is 0 Å². The van der Waals surface area contributed by atoms with Crippen molar-refractivity contribution in [3.8, 4) is 0 Å². The van der Waals surface area contributed by atoms with Crippen LogP contribution in [-0.2, 0) is 38.5 Å². The largest absolute Gasteiger partial charge is 0.151 e. The topological polar surface area (TPSA) is 0 Å². The smallest absolute Gasteiger partial charge is 0.00150 e. The number of benzene rings is 7. The second kappa shape index (κ2) is 26.1. The van der Waals surface area contributed by atoms with Gasteiger partial charge >= 0.3 is 0 Å². The Morgan fingerprint density at radius 1 is 0.200 bits per heavy atom. The molecule has 0 aliphatic rings. The highest BCUT2D eigenvalue weighted by atomic mass is 32.1. The van der Waals surface area contributed by atoms with Crippen molar-refractivity contribution in [2.24, 2.45) is 0 Å². The van der Waals surface area contributed by atoms with E-state index in [0.717, 1.165) is 0 Å². The molecule has 0 nitrogen and oxygen atoms in total. The summed E-state index contributed by atoms with van der Waals surface area (Å²) in [5.74, 6) is 0. The van der Waals surface area contributed by atoms with Gasteiger partial charge in [-0.25, -0.2) is 0 Å². The van der Waals surface area contributed by atoms with Crippen molar-refractivity contribution in [1.29, 1.82) is 0 Å². The fraction of sp³-hybridized carbons (Fsp3) is 0.500. The summed E-state index contributed by atoms with van der Waals surface area (Å²) in [4.78, 5) is 0. The maximum absolute atomic E-state index is 2.78. The Bertz CT molecular complexity index is 3130. The number of fused-ring (bicyclic) bond motifs is 21. The number of aryl methyl sites for hydroxylation is 6. The Hall–Kier alpha value is -4.02. The second-order valence-electron chi connectivity index (χ2n) is 23.2. The first kappa shape index (κ1) is 54.3. The minimum absolute atomic E-state index is 1.17. The van der Waals surface area contributed by atoms with Gasteiger partial charge in [0.25, 0.3) is 0 Å². The number of unbranched alkanes of at least 4 members (excludes halogenated alkanes) is 18. The second-order valence-corrected chi connectivity index (χ2v) is 25.4. The first-order chi connectivity index (χ1) is 37.0. The number of hydrogen-bond donors (Lipinski definition) is 0. The normalized spacial score (nSPS) is 12.4. The molecule has 396 valence electrons. The van der Waals surface area contributed by atoms with Gasteiger partial charge in [0.1, 0.15) is 0 Å². The van der Waals surface area contributed by atoms with E-state index in [1.54, 1.807) is 33.4 Å². The van der Waals surface area contributed by atoms with E-state index in [1.165, 1.54) is 290 Å². The molecule has 0 aliphatic heterocycles. The van der Waals surface area contributed by atoms with Crippen molar-refractivity contribution in [2.45, 2.75) is 234 Å². The van der Waals surface area contributed by atoms with Gasteiger partial charge in [0.05, 0.1) is 0 Å². The molecule has 3 heteroatoms. The quantitative estimate of drug-likeness (QED) is 0.0311. The van der Waals surface area contributed by atoms with Gasteiger partial charge in [-0.05, 0) is 191 Å². The van der Waals surface area contributed by atoms with Crippen molar-refractivity contribution in [1.82, 2.24) is 0 Å². The maximum atomic E-state index is 2.78. The molecular weight excluding hydrogens is 961 g/mol. The average molecular weight is 1050 g/mol.